The molecule has 110 valence electrons. The van der Waals surface area contributed by atoms with Crippen molar-refractivity contribution in [1.29, 1.82) is 0 Å². The van der Waals surface area contributed by atoms with Gasteiger partial charge < -0.3 is 4.90 Å². The molecule has 1 N–H and O–H groups in total. The quantitative estimate of drug-likeness (QED) is 0.804. The fourth-order valence-electron chi connectivity index (χ4n) is 5.01. The van der Waals surface area contributed by atoms with E-state index in [1.54, 1.807) is 0 Å². The number of rotatable bonds is 2. The number of piperidine rings is 1. The first-order valence-corrected chi connectivity index (χ1v) is 8.73. The van der Waals surface area contributed by atoms with Crippen LogP contribution in [0.4, 0.5) is 0 Å². The fourth-order valence-corrected chi connectivity index (χ4v) is 5.01. The Kier molecular flexibility index (Phi) is 4.19. The van der Waals surface area contributed by atoms with Gasteiger partial charge in [0, 0.05) is 18.9 Å². The highest BCUT2D eigenvalue weighted by molar-refractivity contribution is 4.81. The average molecular weight is 265 g/mol. The molecule has 0 radical (unpaired) electrons. The van der Waals surface area contributed by atoms with Gasteiger partial charge in [0.2, 0.25) is 0 Å². The molecule has 6 unspecified atom stereocenters. The van der Waals surface area contributed by atoms with Gasteiger partial charge in [0.1, 0.15) is 6.17 Å². The molecular formula is C17H33N2+. The third-order valence-electron chi connectivity index (χ3n) is 6.11. The number of hydrogen-bond donors (Lipinski definition) is 1. The Morgan fingerprint density at radius 1 is 1.00 bits per heavy atom. The SMILES string of the molecule is CC1CCCC(C[NH+]2C(C)CN3CCC(C)CC32)C1. The minimum atomic E-state index is 0.857. The minimum Gasteiger partial charge on any atom is -0.316 e. The monoisotopic (exact) mass is 265 g/mol. The second-order valence-electron chi connectivity index (χ2n) is 7.96. The largest absolute Gasteiger partial charge is 0.316 e. The molecule has 2 saturated heterocycles. The van der Waals surface area contributed by atoms with Crippen molar-refractivity contribution in [3.05, 3.63) is 0 Å². The summed E-state index contributed by atoms with van der Waals surface area (Å²) in [6.07, 6.45) is 9.70. The predicted octanol–water partition coefficient (Wildman–Crippen LogP) is 2.16. The molecule has 0 aromatic heterocycles. The lowest BCUT2D eigenvalue weighted by Gasteiger charge is -2.37. The van der Waals surface area contributed by atoms with Crippen LogP contribution in [0.1, 0.15) is 59.3 Å². The molecule has 19 heavy (non-hydrogen) atoms. The van der Waals surface area contributed by atoms with Gasteiger partial charge in [0.25, 0.3) is 0 Å². The van der Waals surface area contributed by atoms with Crippen LogP contribution in [-0.2, 0) is 0 Å². The number of nitrogens with one attached hydrogen (secondary N) is 1. The number of quaternary nitrogens is 1. The summed E-state index contributed by atoms with van der Waals surface area (Å²) in [5, 5.41) is 0. The zero-order valence-electron chi connectivity index (χ0n) is 13.2. The van der Waals surface area contributed by atoms with Crippen LogP contribution in [0.3, 0.4) is 0 Å². The maximum absolute atomic E-state index is 2.80. The van der Waals surface area contributed by atoms with Crippen LogP contribution in [0.15, 0.2) is 0 Å². The van der Waals surface area contributed by atoms with Crippen molar-refractivity contribution in [3.63, 3.8) is 0 Å². The molecule has 1 saturated carbocycles. The van der Waals surface area contributed by atoms with Gasteiger partial charge in [-0.05, 0) is 38.0 Å². The van der Waals surface area contributed by atoms with E-state index in [2.05, 4.69) is 25.7 Å². The molecule has 3 rings (SSSR count). The lowest BCUT2D eigenvalue weighted by Crippen LogP contribution is -3.18. The smallest absolute Gasteiger partial charge is 0.144 e. The highest BCUT2D eigenvalue weighted by Gasteiger charge is 2.44. The fraction of sp³-hybridized carbons (Fsp3) is 1.00. The van der Waals surface area contributed by atoms with Gasteiger partial charge in [-0.15, -0.1) is 0 Å². The first kappa shape index (κ1) is 13.9. The molecule has 6 atom stereocenters. The zero-order valence-corrected chi connectivity index (χ0v) is 13.2. The van der Waals surface area contributed by atoms with Gasteiger partial charge in [-0.2, -0.15) is 0 Å². The van der Waals surface area contributed by atoms with Crippen molar-refractivity contribution >= 4 is 0 Å². The average Bonchev–Trinajstić information content (AvgIpc) is 2.66. The third-order valence-corrected chi connectivity index (χ3v) is 6.11. The Balaban J connectivity index is 1.62. The lowest BCUT2D eigenvalue weighted by atomic mass is 9.82. The number of nitrogens with zero attached hydrogens (tertiary/aromatic N) is 1. The van der Waals surface area contributed by atoms with Crippen LogP contribution in [0.5, 0.6) is 0 Å². The van der Waals surface area contributed by atoms with E-state index in [1.807, 2.05) is 4.90 Å². The van der Waals surface area contributed by atoms with Crippen molar-refractivity contribution in [2.75, 3.05) is 19.6 Å². The van der Waals surface area contributed by atoms with Gasteiger partial charge in [0.05, 0.1) is 19.1 Å². The molecule has 0 aromatic rings. The highest BCUT2D eigenvalue weighted by Crippen LogP contribution is 2.28. The van der Waals surface area contributed by atoms with E-state index in [0.717, 1.165) is 30.0 Å². The van der Waals surface area contributed by atoms with E-state index in [4.69, 9.17) is 0 Å². The molecule has 0 spiro atoms. The van der Waals surface area contributed by atoms with Gasteiger partial charge in [-0.3, -0.25) is 0 Å². The third kappa shape index (κ3) is 3.00. The lowest BCUT2D eigenvalue weighted by molar-refractivity contribution is -0.943. The summed E-state index contributed by atoms with van der Waals surface area (Å²) in [4.78, 5) is 4.73. The van der Waals surface area contributed by atoms with Crippen molar-refractivity contribution in [2.45, 2.75) is 71.5 Å². The van der Waals surface area contributed by atoms with Crippen molar-refractivity contribution in [2.24, 2.45) is 17.8 Å². The Bertz CT molecular complexity index is 304. The van der Waals surface area contributed by atoms with E-state index in [-0.39, 0.29) is 0 Å². The van der Waals surface area contributed by atoms with Crippen LogP contribution in [0, 0.1) is 17.8 Å². The molecule has 0 aromatic carbocycles. The Morgan fingerprint density at radius 3 is 2.58 bits per heavy atom. The van der Waals surface area contributed by atoms with Crippen LogP contribution in [0.2, 0.25) is 0 Å². The normalized spacial score (nSPS) is 48.2. The Labute approximate surface area is 119 Å². The first-order chi connectivity index (χ1) is 9.13. The first-order valence-electron chi connectivity index (χ1n) is 8.73. The maximum atomic E-state index is 2.80. The van der Waals surface area contributed by atoms with Crippen molar-refractivity contribution in [3.8, 4) is 0 Å². The summed E-state index contributed by atoms with van der Waals surface area (Å²) >= 11 is 0. The molecule has 2 heterocycles. The summed E-state index contributed by atoms with van der Waals surface area (Å²) in [5.74, 6) is 2.95. The summed E-state index contributed by atoms with van der Waals surface area (Å²) < 4.78 is 0. The maximum Gasteiger partial charge on any atom is 0.144 e. The molecule has 2 heteroatoms. The molecule has 3 fully saturated rings. The predicted molar refractivity (Wildman–Crippen MR) is 80.2 cm³/mol. The second-order valence-corrected chi connectivity index (χ2v) is 7.96. The summed E-state index contributed by atoms with van der Waals surface area (Å²) in [6, 6.07) is 0.868. The Morgan fingerprint density at radius 2 is 1.79 bits per heavy atom. The van der Waals surface area contributed by atoms with Crippen LogP contribution < -0.4 is 4.90 Å². The topological polar surface area (TPSA) is 7.68 Å². The summed E-state index contributed by atoms with van der Waals surface area (Å²) in [5.41, 5.74) is 0. The van der Waals surface area contributed by atoms with Crippen molar-refractivity contribution in [1.82, 2.24) is 4.90 Å². The van der Waals surface area contributed by atoms with E-state index in [1.165, 1.54) is 58.2 Å². The van der Waals surface area contributed by atoms with Gasteiger partial charge in [-0.1, -0.05) is 26.7 Å². The zero-order chi connectivity index (χ0) is 13.4. The van der Waals surface area contributed by atoms with E-state index in [0.29, 0.717) is 0 Å². The van der Waals surface area contributed by atoms with Crippen LogP contribution in [0.25, 0.3) is 0 Å². The number of fused-ring (bicyclic) bond motifs is 1. The van der Waals surface area contributed by atoms with Crippen LogP contribution in [-0.4, -0.2) is 36.7 Å². The van der Waals surface area contributed by atoms with Crippen molar-refractivity contribution < 1.29 is 4.90 Å². The summed E-state index contributed by atoms with van der Waals surface area (Å²) in [6.45, 7) is 11.6. The molecule has 0 amide bonds. The molecule has 2 aliphatic heterocycles. The molecular weight excluding hydrogens is 232 g/mol. The van der Waals surface area contributed by atoms with E-state index >= 15 is 0 Å². The Hall–Kier alpha value is -0.0800. The molecule has 0 bridgehead atoms. The second kappa shape index (κ2) is 5.73. The highest BCUT2D eigenvalue weighted by atomic mass is 15.4. The van der Waals surface area contributed by atoms with Gasteiger partial charge >= 0.3 is 0 Å². The molecule has 2 nitrogen and oxygen atoms in total. The standard InChI is InChI=1S/C17H32N2/c1-13-5-4-6-16(9-13)12-19-15(3)11-18-8-7-14(2)10-17(18)19/h13-17H,4-12H2,1-3H3/p+1. The summed E-state index contributed by atoms with van der Waals surface area (Å²) in [7, 11) is 0. The van der Waals surface area contributed by atoms with Crippen LogP contribution >= 0.6 is 0 Å². The van der Waals surface area contributed by atoms with Gasteiger partial charge in [-0.25, -0.2) is 4.90 Å². The molecule has 3 aliphatic rings. The van der Waals surface area contributed by atoms with E-state index in [9.17, 15) is 0 Å². The number of hydrogen-bond acceptors (Lipinski definition) is 1. The minimum absolute atomic E-state index is 0.857. The van der Waals surface area contributed by atoms with Gasteiger partial charge in [0.15, 0.2) is 0 Å². The molecule has 1 aliphatic carbocycles. The van der Waals surface area contributed by atoms with E-state index < -0.39 is 0 Å².